The van der Waals surface area contributed by atoms with Gasteiger partial charge in [-0.2, -0.15) is 17.0 Å². The van der Waals surface area contributed by atoms with Crippen LogP contribution in [0.5, 0.6) is 0 Å². The van der Waals surface area contributed by atoms with Crippen LogP contribution in [0.3, 0.4) is 0 Å². The molecule has 25 heavy (non-hydrogen) atoms. The second-order valence-corrected chi connectivity index (χ2v) is 9.74. The van der Waals surface area contributed by atoms with Crippen molar-refractivity contribution in [2.75, 3.05) is 40.3 Å². The van der Waals surface area contributed by atoms with E-state index in [1.807, 2.05) is 19.4 Å². The van der Waals surface area contributed by atoms with Gasteiger partial charge >= 0.3 is 0 Å². The molecule has 0 aliphatic carbocycles. The smallest absolute Gasteiger partial charge is 0.281 e. The lowest BCUT2D eigenvalue weighted by molar-refractivity contribution is 0.110. The van der Waals surface area contributed by atoms with E-state index in [1.165, 1.54) is 17.1 Å². The van der Waals surface area contributed by atoms with E-state index in [2.05, 4.69) is 14.5 Å². The van der Waals surface area contributed by atoms with Gasteiger partial charge in [0.25, 0.3) is 10.2 Å². The molecule has 2 saturated heterocycles. The minimum Gasteiger partial charge on any atom is -0.337 e. The molecule has 2 aliphatic heterocycles. The number of rotatable bonds is 5. The molecule has 3 rings (SSSR count). The Morgan fingerprint density at radius 3 is 2.12 bits per heavy atom. The van der Waals surface area contributed by atoms with E-state index in [0.717, 1.165) is 44.2 Å². The summed E-state index contributed by atoms with van der Waals surface area (Å²) >= 11 is 0. The van der Waals surface area contributed by atoms with Gasteiger partial charge in [-0.15, -0.1) is 0 Å². The first-order chi connectivity index (χ1) is 11.9. The summed E-state index contributed by atoms with van der Waals surface area (Å²) in [5, 5.41) is 0. The molecule has 0 atom stereocenters. The van der Waals surface area contributed by atoms with Crippen LogP contribution in [0.15, 0.2) is 12.4 Å². The highest BCUT2D eigenvalue weighted by Gasteiger charge is 2.34. The Balaban J connectivity index is 1.46. The zero-order chi connectivity index (χ0) is 18.0. The Morgan fingerprint density at radius 2 is 1.64 bits per heavy atom. The van der Waals surface area contributed by atoms with Gasteiger partial charge in [0.15, 0.2) is 0 Å². The molecule has 0 bridgehead atoms. The molecule has 3 heterocycles. The Morgan fingerprint density at radius 1 is 1.08 bits per heavy atom. The lowest BCUT2D eigenvalue weighted by atomic mass is 9.79. The van der Waals surface area contributed by atoms with E-state index >= 15 is 0 Å². The molecule has 0 spiro atoms. The van der Waals surface area contributed by atoms with Gasteiger partial charge in [-0.3, -0.25) is 4.90 Å². The fourth-order valence-corrected chi connectivity index (χ4v) is 5.27. The molecule has 0 N–H and O–H groups in total. The topological polar surface area (TPSA) is 61.7 Å². The van der Waals surface area contributed by atoms with Gasteiger partial charge in [-0.1, -0.05) is 0 Å². The van der Waals surface area contributed by atoms with E-state index < -0.39 is 10.2 Å². The third-order valence-corrected chi connectivity index (χ3v) is 7.81. The summed E-state index contributed by atoms with van der Waals surface area (Å²) in [6, 6.07) is 0. The van der Waals surface area contributed by atoms with Gasteiger partial charge in [0.05, 0.1) is 6.54 Å². The molecule has 7 nitrogen and oxygen atoms in total. The third-order valence-electron chi connectivity index (χ3n) is 5.87. The molecule has 0 radical (unpaired) electrons. The van der Waals surface area contributed by atoms with Crippen LogP contribution in [0, 0.1) is 11.8 Å². The number of aryl methyl sites for hydroxylation is 1. The average Bonchev–Trinajstić information content (AvgIpc) is 3.00. The van der Waals surface area contributed by atoms with Crippen molar-refractivity contribution in [3.05, 3.63) is 18.2 Å². The summed E-state index contributed by atoms with van der Waals surface area (Å²) < 4.78 is 29.5. The van der Waals surface area contributed by atoms with Gasteiger partial charge < -0.3 is 4.57 Å². The normalized spacial score (nSPS) is 22.7. The predicted molar refractivity (Wildman–Crippen MR) is 98.1 cm³/mol. The van der Waals surface area contributed by atoms with Crippen molar-refractivity contribution >= 4 is 10.2 Å². The van der Waals surface area contributed by atoms with Crippen molar-refractivity contribution in [1.82, 2.24) is 23.1 Å². The van der Waals surface area contributed by atoms with Crippen LogP contribution in [0.1, 0.15) is 31.5 Å². The van der Waals surface area contributed by atoms with Crippen LogP contribution in [-0.2, 0) is 23.8 Å². The lowest BCUT2D eigenvalue weighted by Gasteiger charge is -2.40. The maximum Gasteiger partial charge on any atom is 0.281 e. The van der Waals surface area contributed by atoms with Crippen molar-refractivity contribution in [2.45, 2.75) is 32.2 Å². The molecule has 1 aromatic heterocycles. The number of piperidine rings is 2. The largest absolute Gasteiger partial charge is 0.337 e. The summed E-state index contributed by atoms with van der Waals surface area (Å²) in [5.41, 5.74) is 0. The average molecular weight is 370 g/mol. The minimum absolute atomic E-state index is 0.665. The first-order valence-electron chi connectivity index (χ1n) is 9.24. The summed E-state index contributed by atoms with van der Waals surface area (Å²) in [6.07, 6.45) is 8.29. The van der Waals surface area contributed by atoms with E-state index in [0.29, 0.717) is 19.0 Å². The molecule has 0 amide bonds. The van der Waals surface area contributed by atoms with E-state index in [-0.39, 0.29) is 0 Å². The number of nitrogens with zero attached hydrogens (tertiary/aromatic N) is 5. The van der Waals surface area contributed by atoms with Gasteiger partial charge in [0, 0.05) is 46.6 Å². The molecule has 2 aliphatic rings. The van der Waals surface area contributed by atoms with E-state index in [9.17, 15) is 8.42 Å². The quantitative estimate of drug-likeness (QED) is 0.781. The Bertz CT molecular complexity index is 656. The first-order valence-corrected chi connectivity index (χ1v) is 10.6. The molecular weight excluding hydrogens is 338 g/mol. The first kappa shape index (κ1) is 18.8. The number of hydrogen-bond acceptors (Lipinski definition) is 4. The second-order valence-electron chi connectivity index (χ2n) is 7.59. The lowest BCUT2D eigenvalue weighted by Crippen LogP contribution is -2.46. The van der Waals surface area contributed by atoms with Crippen LogP contribution in [-0.4, -0.2) is 71.8 Å². The van der Waals surface area contributed by atoms with E-state index in [1.54, 1.807) is 18.4 Å². The molecule has 8 heteroatoms. The fraction of sp³-hybridized carbons (Fsp3) is 0.824. The number of likely N-dealkylation sites (tertiary alicyclic amines) is 1. The molecule has 142 valence electrons. The maximum atomic E-state index is 12.2. The molecule has 1 aromatic rings. The van der Waals surface area contributed by atoms with E-state index in [4.69, 9.17) is 0 Å². The van der Waals surface area contributed by atoms with Crippen molar-refractivity contribution in [2.24, 2.45) is 18.9 Å². The van der Waals surface area contributed by atoms with Crippen LogP contribution < -0.4 is 0 Å². The Hall–Kier alpha value is -0.960. The molecular formula is C17H31N5O2S. The zero-order valence-electron chi connectivity index (χ0n) is 15.6. The maximum absolute atomic E-state index is 12.2. The highest BCUT2D eigenvalue weighted by molar-refractivity contribution is 7.86. The SMILES string of the molecule is CN(C)S(=O)(=O)N1CCC(C2CCN(Cc3nccn3C)CC2)CC1. The molecule has 0 unspecified atom stereocenters. The van der Waals surface area contributed by atoms with Crippen molar-refractivity contribution < 1.29 is 8.42 Å². The van der Waals surface area contributed by atoms with Crippen LogP contribution >= 0.6 is 0 Å². The third kappa shape index (κ3) is 4.24. The number of hydrogen-bond donors (Lipinski definition) is 0. The second kappa shape index (κ2) is 7.73. The van der Waals surface area contributed by atoms with Gasteiger partial charge in [-0.05, 0) is 50.6 Å². The summed E-state index contributed by atoms with van der Waals surface area (Å²) in [4.78, 5) is 6.91. The van der Waals surface area contributed by atoms with Crippen molar-refractivity contribution in [1.29, 1.82) is 0 Å². The van der Waals surface area contributed by atoms with Crippen LogP contribution in [0.2, 0.25) is 0 Å². The minimum atomic E-state index is -3.25. The number of aromatic nitrogens is 2. The number of imidazole rings is 1. The fourth-order valence-electron chi connectivity index (χ4n) is 4.14. The molecule has 0 saturated carbocycles. The van der Waals surface area contributed by atoms with Gasteiger partial charge in [0.1, 0.15) is 5.82 Å². The van der Waals surface area contributed by atoms with Crippen LogP contribution in [0.4, 0.5) is 0 Å². The van der Waals surface area contributed by atoms with Crippen molar-refractivity contribution in [3.63, 3.8) is 0 Å². The van der Waals surface area contributed by atoms with Crippen LogP contribution in [0.25, 0.3) is 0 Å². The summed E-state index contributed by atoms with van der Waals surface area (Å²) in [5.74, 6) is 2.53. The summed E-state index contributed by atoms with van der Waals surface area (Å²) in [7, 11) is 2.02. The molecule has 0 aromatic carbocycles. The molecule has 2 fully saturated rings. The monoisotopic (exact) mass is 369 g/mol. The Kier molecular flexibility index (Phi) is 5.82. The standard InChI is InChI=1S/C17H31N5O2S/c1-19(2)25(23,24)22-11-6-16(7-12-22)15-4-9-21(10-5-15)14-17-18-8-13-20(17)3/h8,13,15-16H,4-7,9-12,14H2,1-3H3. The zero-order valence-corrected chi connectivity index (χ0v) is 16.5. The predicted octanol–water partition coefficient (Wildman–Crippen LogP) is 1.15. The summed E-state index contributed by atoms with van der Waals surface area (Å²) in [6.45, 7) is 4.49. The highest BCUT2D eigenvalue weighted by Crippen LogP contribution is 2.33. The highest BCUT2D eigenvalue weighted by atomic mass is 32.2. The van der Waals surface area contributed by atoms with Gasteiger partial charge in [-0.25, -0.2) is 4.98 Å². The van der Waals surface area contributed by atoms with Crippen molar-refractivity contribution in [3.8, 4) is 0 Å². The Labute approximate surface area is 151 Å². The van der Waals surface area contributed by atoms with Gasteiger partial charge in [0.2, 0.25) is 0 Å².